The number of thiazole rings is 1. The second-order valence-electron chi connectivity index (χ2n) is 5.78. The molecule has 2 N–H and O–H groups in total. The van der Waals surface area contributed by atoms with Gasteiger partial charge in [0, 0.05) is 41.8 Å². The molecule has 0 saturated carbocycles. The van der Waals surface area contributed by atoms with E-state index in [0.29, 0.717) is 21.8 Å². The minimum Gasteiger partial charge on any atom is -0.321 e. The molecule has 0 unspecified atom stereocenters. The topological polar surface area (TPSA) is 101 Å². The van der Waals surface area contributed by atoms with Crippen molar-refractivity contribution in [2.45, 2.75) is 11.4 Å². The molecule has 0 atom stereocenters. The maximum Gasteiger partial charge on any atom is 0.256 e. The number of aromatic nitrogens is 2. The van der Waals surface area contributed by atoms with Crippen LogP contribution in [-0.2, 0) is 21.4 Å². The van der Waals surface area contributed by atoms with Crippen molar-refractivity contribution in [3.05, 3.63) is 70.4 Å². The van der Waals surface area contributed by atoms with Crippen LogP contribution >= 0.6 is 11.3 Å². The van der Waals surface area contributed by atoms with Crippen LogP contribution in [0.1, 0.15) is 16.1 Å². The highest BCUT2D eigenvalue weighted by Gasteiger charge is 2.27. The number of carbonyl (C=O) groups is 1. The minimum atomic E-state index is -3.74. The van der Waals surface area contributed by atoms with Gasteiger partial charge in [0.1, 0.15) is 5.01 Å². The van der Waals surface area contributed by atoms with Crippen molar-refractivity contribution in [2.24, 2.45) is 0 Å². The number of pyridine rings is 1. The molecule has 2 aromatic heterocycles. The third-order valence-corrected chi connectivity index (χ3v) is 6.11. The van der Waals surface area contributed by atoms with E-state index in [4.69, 9.17) is 0 Å². The Morgan fingerprint density at radius 3 is 2.85 bits per heavy atom. The monoisotopic (exact) mass is 398 g/mol. The summed E-state index contributed by atoms with van der Waals surface area (Å²) in [6, 6.07) is 8.09. The van der Waals surface area contributed by atoms with E-state index in [1.54, 1.807) is 42.9 Å². The Hall–Kier alpha value is -2.88. The van der Waals surface area contributed by atoms with E-state index in [1.165, 1.54) is 23.5 Å². The van der Waals surface area contributed by atoms with Crippen molar-refractivity contribution in [3.8, 4) is 0 Å². The highest BCUT2D eigenvalue weighted by molar-refractivity contribution is 7.89. The van der Waals surface area contributed by atoms with Gasteiger partial charge in [-0.1, -0.05) is 6.07 Å². The number of fused-ring (bicyclic) bond motifs is 1. The molecular weight excluding hydrogens is 384 g/mol. The third-order valence-electron chi connectivity index (χ3n) is 3.99. The number of nitrogens with zero attached hydrogens (tertiary/aromatic N) is 2. The van der Waals surface area contributed by atoms with E-state index >= 15 is 0 Å². The van der Waals surface area contributed by atoms with Gasteiger partial charge in [-0.05, 0) is 35.9 Å². The molecular formula is C18H14N4O3S2. The van der Waals surface area contributed by atoms with Gasteiger partial charge < -0.3 is 5.32 Å². The summed E-state index contributed by atoms with van der Waals surface area (Å²) < 4.78 is 27.8. The molecule has 0 aliphatic carbocycles. The lowest BCUT2D eigenvalue weighted by Gasteiger charge is -2.08. The standard InChI is InChI=1S/C18H14N4O3S2/c23-18-15(9-17-20-6-7-26-17)14-8-13(3-4-16(14)22-18)27(24,25)21-11-12-2-1-5-19-10-12/h1-10,21H,11H2,(H,22,23)/b15-9+. The number of amides is 1. The smallest absolute Gasteiger partial charge is 0.256 e. The molecule has 0 saturated heterocycles. The van der Waals surface area contributed by atoms with Crippen molar-refractivity contribution < 1.29 is 13.2 Å². The van der Waals surface area contributed by atoms with E-state index in [9.17, 15) is 13.2 Å². The summed E-state index contributed by atoms with van der Waals surface area (Å²) >= 11 is 1.40. The Morgan fingerprint density at radius 1 is 1.22 bits per heavy atom. The van der Waals surface area contributed by atoms with Crippen LogP contribution in [0, 0.1) is 0 Å². The normalized spacial score (nSPS) is 15.0. The largest absolute Gasteiger partial charge is 0.321 e. The van der Waals surface area contributed by atoms with Gasteiger partial charge >= 0.3 is 0 Å². The van der Waals surface area contributed by atoms with Crippen molar-refractivity contribution in [1.29, 1.82) is 0 Å². The zero-order valence-electron chi connectivity index (χ0n) is 13.9. The number of hydrogen-bond acceptors (Lipinski definition) is 6. The Labute approximate surface area is 159 Å². The van der Waals surface area contributed by atoms with Crippen LogP contribution in [0.15, 0.2) is 59.2 Å². The number of sulfonamides is 1. The molecule has 4 rings (SSSR count). The number of benzene rings is 1. The van der Waals surface area contributed by atoms with Gasteiger partial charge in [-0.2, -0.15) is 0 Å². The van der Waals surface area contributed by atoms with Gasteiger partial charge in [0.25, 0.3) is 5.91 Å². The maximum atomic E-state index is 12.6. The zero-order valence-corrected chi connectivity index (χ0v) is 15.5. The summed E-state index contributed by atoms with van der Waals surface area (Å²) in [6.07, 6.45) is 6.53. The van der Waals surface area contributed by atoms with Gasteiger partial charge in [-0.25, -0.2) is 18.1 Å². The fourth-order valence-electron chi connectivity index (χ4n) is 2.67. The highest BCUT2D eigenvalue weighted by atomic mass is 32.2. The molecule has 1 aliphatic rings. The number of hydrogen-bond donors (Lipinski definition) is 2. The maximum absolute atomic E-state index is 12.6. The molecule has 3 aromatic rings. The molecule has 1 aliphatic heterocycles. The molecule has 0 bridgehead atoms. The third kappa shape index (κ3) is 3.65. The Bertz CT molecular complexity index is 1120. The zero-order chi connectivity index (χ0) is 18.9. The number of carbonyl (C=O) groups excluding carboxylic acids is 1. The predicted molar refractivity (Wildman–Crippen MR) is 103 cm³/mol. The number of nitrogens with one attached hydrogen (secondary N) is 2. The minimum absolute atomic E-state index is 0.0895. The van der Waals surface area contributed by atoms with Crippen molar-refractivity contribution in [3.63, 3.8) is 0 Å². The second kappa shape index (κ2) is 7.03. The summed E-state index contributed by atoms with van der Waals surface area (Å²) in [4.78, 5) is 20.5. The van der Waals surface area contributed by atoms with E-state index in [1.807, 2.05) is 5.38 Å². The molecule has 9 heteroatoms. The number of anilines is 1. The first-order valence-electron chi connectivity index (χ1n) is 7.98. The second-order valence-corrected chi connectivity index (χ2v) is 8.47. The van der Waals surface area contributed by atoms with E-state index in [-0.39, 0.29) is 17.3 Å². The average Bonchev–Trinajstić information content (AvgIpc) is 3.29. The molecule has 7 nitrogen and oxygen atoms in total. The summed E-state index contributed by atoms with van der Waals surface area (Å²) in [6.45, 7) is 0.131. The molecule has 136 valence electrons. The fraction of sp³-hybridized carbons (Fsp3) is 0.0556. The van der Waals surface area contributed by atoms with Gasteiger partial charge in [0.15, 0.2) is 0 Å². The first-order valence-corrected chi connectivity index (χ1v) is 10.3. The van der Waals surface area contributed by atoms with Crippen LogP contribution in [-0.4, -0.2) is 24.3 Å². The molecule has 3 heterocycles. The first kappa shape index (κ1) is 17.5. The summed E-state index contributed by atoms with van der Waals surface area (Å²) in [5.74, 6) is -0.280. The van der Waals surface area contributed by atoms with Crippen LogP contribution in [0.3, 0.4) is 0 Å². The number of rotatable bonds is 5. The van der Waals surface area contributed by atoms with Gasteiger partial charge in [0.2, 0.25) is 10.0 Å². The van der Waals surface area contributed by atoms with Gasteiger partial charge in [-0.3, -0.25) is 9.78 Å². The van der Waals surface area contributed by atoms with Gasteiger partial charge in [-0.15, -0.1) is 11.3 Å². The lowest BCUT2D eigenvalue weighted by molar-refractivity contribution is -0.110. The SMILES string of the molecule is O=C1Nc2ccc(S(=O)(=O)NCc3cccnc3)cc2/C1=C\c1nccs1. The summed E-state index contributed by atoms with van der Waals surface area (Å²) in [5.41, 5.74) is 2.26. The molecule has 0 fully saturated rings. The lowest BCUT2D eigenvalue weighted by atomic mass is 10.1. The fourth-order valence-corrected chi connectivity index (χ4v) is 4.28. The predicted octanol–water partition coefficient (Wildman–Crippen LogP) is 2.51. The van der Waals surface area contributed by atoms with Crippen molar-refractivity contribution >= 4 is 44.6 Å². The van der Waals surface area contributed by atoms with Crippen LogP contribution in [0.25, 0.3) is 11.6 Å². The summed E-state index contributed by atoms with van der Waals surface area (Å²) in [7, 11) is -3.74. The van der Waals surface area contributed by atoms with Crippen molar-refractivity contribution in [1.82, 2.24) is 14.7 Å². The van der Waals surface area contributed by atoms with E-state index in [2.05, 4.69) is 20.0 Å². The van der Waals surface area contributed by atoms with Crippen LogP contribution in [0.2, 0.25) is 0 Å². The first-order chi connectivity index (χ1) is 13.0. The quantitative estimate of drug-likeness (QED) is 0.643. The Balaban J connectivity index is 1.64. The molecule has 0 radical (unpaired) electrons. The average molecular weight is 398 g/mol. The highest BCUT2D eigenvalue weighted by Crippen LogP contribution is 2.35. The summed E-state index contributed by atoms with van der Waals surface area (Å²) in [5, 5.41) is 5.23. The molecule has 1 aromatic carbocycles. The lowest BCUT2D eigenvalue weighted by Crippen LogP contribution is -2.23. The molecule has 27 heavy (non-hydrogen) atoms. The van der Waals surface area contributed by atoms with Crippen LogP contribution in [0.4, 0.5) is 5.69 Å². The van der Waals surface area contributed by atoms with E-state index in [0.717, 1.165) is 5.56 Å². The molecule has 1 amide bonds. The van der Waals surface area contributed by atoms with Crippen LogP contribution < -0.4 is 10.0 Å². The van der Waals surface area contributed by atoms with Crippen LogP contribution in [0.5, 0.6) is 0 Å². The van der Waals surface area contributed by atoms with Crippen molar-refractivity contribution in [2.75, 3.05) is 5.32 Å². The van der Waals surface area contributed by atoms with Gasteiger partial charge in [0.05, 0.1) is 10.5 Å². The Kier molecular flexibility index (Phi) is 4.56. The Morgan fingerprint density at radius 2 is 2.11 bits per heavy atom. The molecule has 0 spiro atoms. The van der Waals surface area contributed by atoms with E-state index < -0.39 is 10.0 Å².